The van der Waals surface area contributed by atoms with Crippen LogP contribution < -0.4 is 0 Å². The monoisotopic (exact) mass is 400 g/mol. The van der Waals surface area contributed by atoms with E-state index in [9.17, 15) is 13.5 Å². The summed E-state index contributed by atoms with van der Waals surface area (Å²) in [5.74, 6) is 1.87. The Morgan fingerprint density at radius 3 is 1.52 bits per heavy atom. The van der Waals surface area contributed by atoms with E-state index < -0.39 is 9.05 Å². The van der Waals surface area contributed by atoms with Crippen molar-refractivity contribution in [2.45, 2.75) is 78.6 Å². The molecule has 2 aliphatic rings. The molecule has 0 aromatic carbocycles. The van der Waals surface area contributed by atoms with Crippen LogP contribution in [0.15, 0.2) is 0 Å². The topological polar surface area (TPSA) is 72.8 Å². The van der Waals surface area contributed by atoms with Crippen molar-refractivity contribution in [3.8, 4) is 0 Å². The Kier molecular flexibility index (Phi) is 9.93. The molecule has 0 amide bonds. The van der Waals surface area contributed by atoms with Gasteiger partial charge in [-0.05, 0) is 46.0 Å². The van der Waals surface area contributed by atoms with Gasteiger partial charge in [0.25, 0.3) is 0 Å². The highest BCUT2D eigenvalue weighted by Crippen LogP contribution is 2.31. The summed E-state index contributed by atoms with van der Waals surface area (Å²) in [7, 11) is 1.31. The van der Waals surface area contributed by atoms with Gasteiger partial charge in [-0.15, -0.1) is 0 Å². The Bertz CT molecular complexity index is 452. The minimum atomic E-state index is -3.19. The first-order valence-electron chi connectivity index (χ1n) is 8.88. The maximum Gasteiger partial charge on any atom is 0.229 e. The number of rotatable bonds is 0. The minimum absolute atomic E-state index is 0.119. The molecule has 0 aromatic heterocycles. The van der Waals surface area contributed by atoms with Crippen LogP contribution in [0, 0.1) is 17.8 Å². The highest BCUT2D eigenvalue weighted by molar-refractivity contribution is 8.13. The van der Waals surface area contributed by atoms with Crippen molar-refractivity contribution in [3.63, 3.8) is 0 Å². The van der Waals surface area contributed by atoms with Gasteiger partial charge in [-0.3, -0.25) is 0 Å². The van der Waals surface area contributed by atoms with E-state index >= 15 is 0 Å². The smallest absolute Gasteiger partial charge is 0.229 e. The molecule has 0 spiro atoms. The van der Waals surface area contributed by atoms with Crippen molar-refractivity contribution in [3.05, 3.63) is 0 Å². The van der Waals surface area contributed by atoms with Crippen LogP contribution in [-0.4, -0.2) is 50.3 Å². The molecule has 7 heteroatoms. The molecule has 2 fully saturated rings. The standard InChI is InChI=1S/C9H18O.C8H16O2.CH3ClO2S/c1-7-5-9(3,4)10-6-8(7)2;1-6-5-10-8(2,3)4-7(6)9;1-5(2,3)4/h7-8H,5-6H2,1-4H3;6-7,9H,4-5H2,1-3H3;1H3/t7-,8-;6-,7-;/m11./s1. The molecule has 1 N–H and O–H groups in total. The predicted molar refractivity (Wildman–Crippen MR) is 103 cm³/mol. The molecule has 2 aliphatic heterocycles. The third-order valence-electron chi connectivity index (χ3n) is 4.62. The molecule has 2 saturated heterocycles. The van der Waals surface area contributed by atoms with Gasteiger partial charge in [0.05, 0.1) is 36.8 Å². The van der Waals surface area contributed by atoms with Gasteiger partial charge in [0, 0.05) is 23.0 Å². The van der Waals surface area contributed by atoms with Gasteiger partial charge >= 0.3 is 0 Å². The normalized spacial score (nSPS) is 34.0. The van der Waals surface area contributed by atoms with E-state index in [1.165, 1.54) is 6.42 Å². The minimum Gasteiger partial charge on any atom is -0.393 e. The van der Waals surface area contributed by atoms with Crippen LogP contribution in [0.2, 0.25) is 0 Å². The maximum absolute atomic E-state index is 9.43. The Balaban J connectivity index is 0.000000368. The molecule has 0 radical (unpaired) electrons. The van der Waals surface area contributed by atoms with E-state index in [2.05, 4.69) is 38.4 Å². The fourth-order valence-corrected chi connectivity index (χ4v) is 2.79. The molecule has 0 saturated carbocycles. The van der Waals surface area contributed by atoms with Crippen LogP contribution in [0.4, 0.5) is 0 Å². The molecule has 0 aliphatic carbocycles. The second-order valence-electron chi connectivity index (χ2n) is 8.73. The Labute approximate surface area is 158 Å². The first-order chi connectivity index (χ1) is 11.0. The van der Waals surface area contributed by atoms with Crippen molar-refractivity contribution < 1.29 is 23.0 Å². The number of aliphatic hydroxyl groups is 1. The van der Waals surface area contributed by atoms with Gasteiger partial charge in [-0.2, -0.15) is 0 Å². The summed E-state index contributed by atoms with van der Waals surface area (Å²) in [5.41, 5.74) is 0.0118. The van der Waals surface area contributed by atoms with Crippen LogP contribution in [0.1, 0.15) is 61.3 Å². The second kappa shape index (κ2) is 9.88. The molecule has 0 aromatic rings. The first kappa shape index (κ1) is 25.1. The van der Waals surface area contributed by atoms with E-state index in [0.717, 1.165) is 31.1 Å². The number of hydrogen-bond donors (Lipinski definition) is 1. The average Bonchev–Trinajstić information content (AvgIpc) is 2.37. The summed E-state index contributed by atoms with van der Waals surface area (Å²) in [6.45, 7) is 16.6. The van der Waals surface area contributed by atoms with Crippen LogP contribution in [0.5, 0.6) is 0 Å². The fraction of sp³-hybridized carbons (Fsp3) is 1.00. The van der Waals surface area contributed by atoms with Crippen molar-refractivity contribution >= 4 is 19.7 Å². The SMILES string of the molecule is CS(=O)(=O)Cl.C[C@@H]1COC(C)(C)C[C@H]1C.C[C@@H]1COC(C)(C)C[C@H]1O. The predicted octanol–water partition coefficient (Wildman–Crippen LogP) is 3.82. The number of aliphatic hydroxyl groups excluding tert-OH is 1. The molecular formula is C18H37ClO5S. The Morgan fingerprint density at radius 2 is 1.24 bits per heavy atom. The number of halogens is 1. The summed E-state index contributed by atoms with van der Waals surface area (Å²) >= 11 is 0. The van der Waals surface area contributed by atoms with Gasteiger partial charge in [-0.1, -0.05) is 20.8 Å². The summed E-state index contributed by atoms with van der Waals surface area (Å²) in [6.07, 6.45) is 2.71. The highest BCUT2D eigenvalue weighted by Gasteiger charge is 2.32. The third kappa shape index (κ3) is 13.0. The zero-order valence-corrected chi connectivity index (χ0v) is 18.6. The lowest BCUT2D eigenvalue weighted by molar-refractivity contribution is -0.124. The maximum atomic E-state index is 9.43. The quantitative estimate of drug-likeness (QED) is 0.625. The van der Waals surface area contributed by atoms with E-state index in [4.69, 9.17) is 9.47 Å². The van der Waals surface area contributed by atoms with Crippen molar-refractivity contribution in [1.82, 2.24) is 0 Å². The Hall–Kier alpha value is 0.120. The van der Waals surface area contributed by atoms with Crippen LogP contribution in [0.25, 0.3) is 0 Å². The molecule has 152 valence electrons. The molecule has 2 rings (SSSR count). The second-order valence-corrected chi connectivity index (χ2v) is 11.8. The fourth-order valence-electron chi connectivity index (χ4n) is 2.79. The van der Waals surface area contributed by atoms with Crippen molar-refractivity contribution in [2.24, 2.45) is 17.8 Å². The summed E-state index contributed by atoms with van der Waals surface area (Å²) in [6, 6.07) is 0. The lowest BCUT2D eigenvalue weighted by Gasteiger charge is -2.37. The van der Waals surface area contributed by atoms with Crippen LogP contribution in [-0.2, 0) is 18.5 Å². The Morgan fingerprint density at radius 1 is 0.880 bits per heavy atom. The summed E-state index contributed by atoms with van der Waals surface area (Å²) in [4.78, 5) is 0. The molecule has 0 unspecified atom stereocenters. The van der Waals surface area contributed by atoms with Gasteiger partial charge < -0.3 is 14.6 Å². The molecule has 2 heterocycles. The lowest BCUT2D eigenvalue weighted by Crippen LogP contribution is -2.41. The molecule has 4 atom stereocenters. The molecule has 0 bridgehead atoms. The van der Waals surface area contributed by atoms with E-state index in [-0.39, 0.29) is 17.3 Å². The van der Waals surface area contributed by atoms with E-state index in [0.29, 0.717) is 12.5 Å². The zero-order chi connectivity index (χ0) is 20.1. The molecular weight excluding hydrogens is 364 g/mol. The molecule has 25 heavy (non-hydrogen) atoms. The van der Waals surface area contributed by atoms with E-state index in [1.807, 2.05) is 20.8 Å². The van der Waals surface area contributed by atoms with Gasteiger partial charge in [0.15, 0.2) is 0 Å². The van der Waals surface area contributed by atoms with Gasteiger partial charge in [0.2, 0.25) is 9.05 Å². The van der Waals surface area contributed by atoms with E-state index in [1.54, 1.807) is 0 Å². The van der Waals surface area contributed by atoms with Crippen molar-refractivity contribution in [1.29, 1.82) is 0 Å². The summed E-state index contributed by atoms with van der Waals surface area (Å²) < 4.78 is 29.9. The highest BCUT2D eigenvalue weighted by atomic mass is 35.7. The first-order valence-corrected chi connectivity index (χ1v) is 11.6. The lowest BCUT2D eigenvalue weighted by atomic mass is 9.83. The number of ether oxygens (including phenoxy) is 2. The summed E-state index contributed by atoms with van der Waals surface area (Å²) in [5, 5.41) is 9.43. The third-order valence-corrected chi connectivity index (χ3v) is 4.62. The molecule has 5 nitrogen and oxygen atoms in total. The van der Waals surface area contributed by atoms with Gasteiger partial charge in [-0.25, -0.2) is 8.42 Å². The average molecular weight is 401 g/mol. The van der Waals surface area contributed by atoms with Crippen molar-refractivity contribution in [2.75, 3.05) is 19.5 Å². The number of hydrogen-bond acceptors (Lipinski definition) is 5. The van der Waals surface area contributed by atoms with Crippen LogP contribution >= 0.6 is 10.7 Å². The largest absolute Gasteiger partial charge is 0.393 e. The van der Waals surface area contributed by atoms with Gasteiger partial charge in [0.1, 0.15) is 0 Å². The van der Waals surface area contributed by atoms with Crippen LogP contribution in [0.3, 0.4) is 0 Å². The zero-order valence-electron chi connectivity index (χ0n) is 17.0.